The Kier molecular flexibility index (Phi) is 3.46. The lowest BCUT2D eigenvalue weighted by Gasteiger charge is -2.28. The van der Waals surface area contributed by atoms with Crippen molar-refractivity contribution in [2.24, 2.45) is 16.6 Å². The summed E-state index contributed by atoms with van der Waals surface area (Å²) in [5.74, 6) is 0.103. The predicted octanol–water partition coefficient (Wildman–Crippen LogP) is 0.783. The van der Waals surface area contributed by atoms with Crippen molar-refractivity contribution in [3.05, 3.63) is 0 Å². The number of amides is 1. The number of carbonyl (C=O) groups excluding carboxylic acids is 1. The van der Waals surface area contributed by atoms with Gasteiger partial charge in [0.05, 0.1) is 5.41 Å². The Labute approximate surface area is 103 Å². The SMILES string of the molecule is CC1(C(=O)NCC2(CCO)CC2)CCCC1N. The number of nitrogens with two attached hydrogens (primary N) is 1. The first-order valence-corrected chi connectivity index (χ1v) is 6.67. The van der Waals surface area contributed by atoms with Crippen molar-refractivity contribution >= 4 is 5.91 Å². The number of aliphatic hydroxyl groups excluding tert-OH is 1. The van der Waals surface area contributed by atoms with Gasteiger partial charge in [0.25, 0.3) is 0 Å². The zero-order chi connectivity index (χ0) is 12.5. The van der Waals surface area contributed by atoms with Crippen molar-refractivity contribution in [3.63, 3.8) is 0 Å². The van der Waals surface area contributed by atoms with Crippen LogP contribution in [0.25, 0.3) is 0 Å². The van der Waals surface area contributed by atoms with E-state index in [4.69, 9.17) is 10.8 Å². The molecule has 17 heavy (non-hydrogen) atoms. The van der Waals surface area contributed by atoms with Gasteiger partial charge in [0.2, 0.25) is 5.91 Å². The number of carbonyl (C=O) groups is 1. The molecule has 2 aliphatic rings. The molecule has 2 aliphatic carbocycles. The van der Waals surface area contributed by atoms with Crippen LogP contribution in [-0.4, -0.2) is 30.2 Å². The van der Waals surface area contributed by atoms with E-state index in [0.29, 0.717) is 6.54 Å². The number of aliphatic hydroxyl groups is 1. The topological polar surface area (TPSA) is 75.3 Å². The molecule has 2 saturated carbocycles. The van der Waals surface area contributed by atoms with Crippen LogP contribution in [0.4, 0.5) is 0 Å². The van der Waals surface area contributed by atoms with E-state index in [2.05, 4.69) is 5.32 Å². The smallest absolute Gasteiger partial charge is 0.227 e. The van der Waals surface area contributed by atoms with Crippen LogP contribution in [0.15, 0.2) is 0 Å². The minimum atomic E-state index is -0.380. The summed E-state index contributed by atoms with van der Waals surface area (Å²) in [6.07, 6.45) is 5.94. The molecule has 4 heteroatoms. The summed E-state index contributed by atoms with van der Waals surface area (Å²) in [5.41, 5.74) is 5.83. The molecule has 2 unspecified atom stereocenters. The third kappa shape index (κ3) is 2.47. The molecule has 0 aliphatic heterocycles. The Morgan fingerprint density at radius 1 is 1.47 bits per heavy atom. The predicted molar refractivity (Wildman–Crippen MR) is 66.3 cm³/mol. The molecule has 0 aromatic rings. The second-order valence-corrected chi connectivity index (χ2v) is 6.07. The number of rotatable bonds is 5. The molecule has 2 fully saturated rings. The molecule has 4 N–H and O–H groups in total. The van der Waals surface area contributed by atoms with E-state index in [9.17, 15) is 4.79 Å². The summed E-state index contributed by atoms with van der Waals surface area (Å²) in [5, 5.41) is 12.0. The van der Waals surface area contributed by atoms with Crippen molar-refractivity contribution in [2.45, 2.75) is 51.5 Å². The van der Waals surface area contributed by atoms with Crippen LogP contribution >= 0.6 is 0 Å². The average Bonchev–Trinajstić information content (AvgIpc) is 2.98. The number of hydrogen-bond donors (Lipinski definition) is 3. The van der Waals surface area contributed by atoms with Gasteiger partial charge in [-0.3, -0.25) is 4.79 Å². The molecule has 2 rings (SSSR count). The van der Waals surface area contributed by atoms with Crippen LogP contribution in [0, 0.1) is 10.8 Å². The lowest BCUT2D eigenvalue weighted by Crippen LogP contribution is -2.48. The van der Waals surface area contributed by atoms with Crippen molar-refractivity contribution in [1.82, 2.24) is 5.32 Å². The van der Waals surface area contributed by atoms with Gasteiger partial charge in [0.15, 0.2) is 0 Å². The van der Waals surface area contributed by atoms with Gasteiger partial charge in [-0.2, -0.15) is 0 Å². The molecule has 2 atom stereocenters. The highest BCUT2D eigenvalue weighted by Gasteiger charge is 2.46. The first kappa shape index (κ1) is 12.8. The molecular weight excluding hydrogens is 216 g/mol. The van der Waals surface area contributed by atoms with Crippen LogP contribution in [0.3, 0.4) is 0 Å². The van der Waals surface area contributed by atoms with Gasteiger partial charge in [-0.15, -0.1) is 0 Å². The van der Waals surface area contributed by atoms with Gasteiger partial charge in [-0.25, -0.2) is 0 Å². The molecule has 0 heterocycles. The molecule has 98 valence electrons. The molecule has 0 spiro atoms. The van der Waals surface area contributed by atoms with Crippen molar-refractivity contribution in [3.8, 4) is 0 Å². The Bertz CT molecular complexity index is 302. The maximum absolute atomic E-state index is 12.2. The summed E-state index contributed by atoms with van der Waals surface area (Å²) < 4.78 is 0. The standard InChI is InChI=1S/C13H24N2O2/c1-12(4-2-3-10(12)14)11(17)15-9-13(5-6-13)7-8-16/h10,16H,2-9,14H2,1H3,(H,15,17). The normalized spacial score (nSPS) is 34.6. The highest BCUT2D eigenvalue weighted by Crippen LogP contribution is 2.48. The quantitative estimate of drug-likeness (QED) is 0.665. The molecule has 0 aromatic heterocycles. The van der Waals surface area contributed by atoms with Crippen molar-refractivity contribution in [2.75, 3.05) is 13.2 Å². The Morgan fingerprint density at radius 2 is 2.18 bits per heavy atom. The Balaban J connectivity index is 1.85. The minimum Gasteiger partial charge on any atom is -0.396 e. The summed E-state index contributed by atoms with van der Waals surface area (Å²) in [4.78, 5) is 12.2. The van der Waals surface area contributed by atoms with Gasteiger partial charge in [-0.05, 0) is 44.4 Å². The van der Waals surface area contributed by atoms with E-state index >= 15 is 0 Å². The molecule has 1 amide bonds. The van der Waals surface area contributed by atoms with Gasteiger partial charge >= 0.3 is 0 Å². The fraction of sp³-hybridized carbons (Fsp3) is 0.923. The molecular formula is C13H24N2O2. The zero-order valence-corrected chi connectivity index (χ0v) is 10.7. The number of nitrogens with one attached hydrogen (secondary N) is 1. The van der Waals surface area contributed by atoms with E-state index < -0.39 is 0 Å². The molecule has 0 saturated heterocycles. The summed E-state index contributed by atoms with van der Waals surface area (Å²) in [6.45, 7) is 2.90. The lowest BCUT2D eigenvalue weighted by atomic mass is 9.84. The Morgan fingerprint density at radius 3 is 2.65 bits per heavy atom. The largest absolute Gasteiger partial charge is 0.396 e. The van der Waals surface area contributed by atoms with E-state index in [1.54, 1.807) is 0 Å². The monoisotopic (exact) mass is 240 g/mol. The molecule has 0 radical (unpaired) electrons. The summed E-state index contributed by atoms with van der Waals surface area (Å²) in [6, 6.07) is -0.00417. The summed E-state index contributed by atoms with van der Waals surface area (Å²) in [7, 11) is 0. The maximum atomic E-state index is 12.2. The van der Waals surface area contributed by atoms with Crippen LogP contribution in [0.5, 0.6) is 0 Å². The van der Waals surface area contributed by atoms with E-state index in [1.165, 1.54) is 0 Å². The van der Waals surface area contributed by atoms with Crippen LogP contribution in [-0.2, 0) is 4.79 Å². The maximum Gasteiger partial charge on any atom is 0.227 e. The second-order valence-electron chi connectivity index (χ2n) is 6.07. The zero-order valence-electron chi connectivity index (χ0n) is 10.7. The number of hydrogen-bond acceptors (Lipinski definition) is 3. The second kappa shape index (κ2) is 4.58. The first-order chi connectivity index (χ1) is 8.02. The third-order valence-electron chi connectivity index (χ3n) is 4.77. The third-order valence-corrected chi connectivity index (χ3v) is 4.77. The van der Waals surface area contributed by atoms with Gasteiger partial charge in [0, 0.05) is 19.2 Å². The average molecular weight is 240 g/mol. The molecule has 4 nitrogen and oxygen atoms in total. The van der Waals surface area contributed by atoms with Crippen LogP contribution in [0.1, 0.15) is 45.4 Å². The highest BCUT2D eigenvalue weighted by atomic mass is 16.3. The first-order valence-electron chi connectivity index (χ1n) is 6.67. The molecule has 0 bridgehead atoms. The lowest BCUT2D eigenvalue weighted by molar-refractivity contribution is -0.130. The summed E-state index contributed by atoms with van der Waals surface area (Å²) >= 11 is 0. The van der Waals surface area contributed by atoms with Crippen molar-refractivity contribution < 1.29 is 9.90 Å². The van der Waals surface area contributed by atoms with E-state index in [-0.39, 0.29) is 29.4 Å². The van der Waals surface area contributed by atoms with Gasteiger partial charge < -0.3 is 16.2 Å². The van der Waals surface area contributed by atoms with Gasteiger partial charge in [0.1, 0.15) is 0 Å². The van der Waals surface area contributed by atoms with Gasteiger partial charge in [-0.1, -0.05) is 6.42 Å². The highest BCUT2D eigenvalue weighted by molar-refractivity contribution is 5.83. The fourth-order valence-corrected chi connectivity index (χ4v) is 2.87. The van der Waals surface area contributed by atoms with Crippen molar-refractivity contribution in [1.29, 1.82) is 0 Å². The minimum absolute atomic E-state index is 0.00417. The Hall–Kier alpha value is -0.610. The fourth-order valence-electron chi connectivity index (χ4n) is 2.87. The van der Waals surface area contributed by atoms with E-state index in [0.717, 1.165) is 38.5 Å². The van der Waals surface area contributed by atoms with Crippen LogP contribution in [0.2, 0.25) is 0 Å². The van der Waals surface area contributed by atoms with Crippen LogP contribution < -0.4 is 11.1 Å². The molecule has 0 aromatic carbocycles. The van der Waals surface area contributed by atoms with E-state index in [1.807, 2.05) is 6.92 Å².